The summed E-state index contributed by atoms with van der Waals surface area (Å²) < 4.78 is 27.9. The number of nitrogens with zero attached hydrogens (tertiary/aromatic N) is 3. The highest BCUT2D eigenvalue weighted by atomic mass is 16.6. The first-order valence-corrected chi connectivity index (χ1v) is 28.1. The molecule has 0 saturated heterocycles. The third-order valence-corrected chi connectivity index (χ3v) is 12.3. The number of aliphatic carboxylic acids is 4. The van der Waals surface area contributed by atoms with E-state index in [0.29, 0.717) is 13.0 Å². The van der Waals surface area contributed by atoms with E-state index in [-0.39, 0.29) is 84.9 Å². The van der Waals surface area contributed by atoms with E-state index in [1.165, 1.54) is 138 Å². The lowest BCUT2D eigenvalue weighted by atomic mass is 10.0. The molecule has 0 aliphatic heterocycles. The Morgan fingerprint density at radius 2 is 0.797 bits per heavy atom. The van der Waals surface area contributed by atoms with Gasteiger partial charge in [0, 0.05) is 45.8 Å². The second-order valence-corrected chi connectivity index (χ2v) is 19.4. The van der Waals surface area contributed by atoms with Gasteiger partial charge in [0.05, 0.1) is 59.2 Å². The molecule has 5 N–H and O–H groups in total. The van der Waals surface area contributed by atoms with Gasteiger partial charge in [-0.3, -0.25) is 43.5 Å². The van der Waals surface area contributed by atoms with Crippen LogP contribution in [0.2, 0.25) is 0 Å². The highest BCUT2D eigenvalue weighted by molar-refractivity contribution is 5.79. The Labute approximate surface area is 443 Å². The van der Waals surface area contributed by atoms with Gasteiger partial charge in [-0.1, -0.05) is 168 Å². The average molecular weight is 1060 g/mol. The summed E-state index contributed by atoms with van der Waals surface area (Å²) in [5.74, 6) is -6.40. The van der Waals surface area contributed by atoms with Crippen LogP contribution in [-0.4, -0.2) is 195 Å². The van der Waals surface area contributed by atoms with Crippen molar-refractivity contribution < 1.29 is 77.7 Å². The molecule has 0 rings (SSSR count). The number of nitrogens with one attached hydrogen (secondary N) is 1. The lowest BCUT2D eigenvalue weighted by Gasteiger charge is -2.27. The van der Waals surface area contributed by atoms with E-state index < -0.39 is 68.0 Å². The molecular formula is C54H100N4O16. The monoisotopic (exact) mass is 1060 g/mol. The van der Waals surface area contributed by atoms with Crippen LogP contribution in [-0.2, 0) is 57.2 Å². The third-order valence-electron chi connectivity index (χ3n) is 12.3. The van der Waals surface area contributed by atoms with Gasteiger partial charge in [0.25, 0.3) is 0 Å². The molecule has 1 unspecified atom stereocenters. The summed E-state index contributed by atoms with van der Waals surface area (Å²) in [6.45, 7) is 2.35. The van der Waals surface area contributed by atoms with Crippen LogP contribution in [0.4, 0.5) is 0 Å². The maximum Gasteiger partial charge on any atom is 0.332 e. The third kappa shape index (κ3) is 50.2. The first-order chi connectivity index (χ1) is 35.7. The van der Waals surface area contributed by atoms with Gasteiger partial charge in [-0.05, 0) is 12.8 Å². The second-order valence-electron chi connectivity index (χ2n) is 19.4. The molecule has 0 fully saturated rings. The van der Waals surface area contributed by atoms with Gasteiger partial charge in [-0.25, -0.2) is 4.79 Å². The van der Waals surface area contributed by atoms with E-state index in [2.05, 4.69) is 19.2 Å². The second kappa shape index (κ2) is 51.2. The molecule has 0 aliphatic carbocycles. The van der Waals surface area contributed by atoms with Crippen molar-refractivity contribution in [1.29, 1.82) is 0 Å². The summed E-state index contributed by atoms with van der Waals surface area (Å²) in [4.78, 5) is 87.1. The smallest absolute Gasteiger partial charge is 0.332 e. The van der Waals surface area contributed by atoms with Crippen LogP contribution in [0.3, 0.4) is 0 Å². The molecule has 0 heterocycles. The quantitative estimate of drug-likeness (QED) is 0.0293. The van der Waals surface area contributed by atoms with Crippen LogP contribution in [0.1, 0.15) is 187 Å². The van der Waals surface area contributed by atoms with E-state index in [0.717, 1.165) is 43.4 Å². The number of carbonyl (C=O) groups excluding carboxylic acids is 3. The number of unbranched alkanes of at least 4 members (excludes halogenated alkanes) is 24. The van der Waals surface area contributed by atoms with E-state index >= 15 is 0 Å². The number of esters is 2. The molecular weight excluding hydrogens is 961 g/mol. The van der Waals surface area contributed by atoms with Crippen molar-refractivity contribution in [2.45, 2.75) is 193 Å². The van der Waals surface area contributed by atoms with Crippen molar-refractivity contribution in [2.24, 2.45) is 0 Å². The van der Waals surface area contributed by atoms with Gasteiger partial charge >= 0.3 is 35.8 Å². The van der Waals surface area contributed by atoms with E-state index in [9.17, 15) is 43.8 Å². The lowest BCUT2D eigenvalue weighted by molar-refractivity contribution is -0.165. The molecule has 1 atom stereocenters. The molecule has 0 aromatic heterocycles. The van der Waals surface area contributed by atoms with Gasteiger partial charge in [0.1, 0.15) is 13.2 Å². The fourth-order valence-electron chi connectivity index (χ4n) is 8.24. The maximum absolute atomic E-state index is 12.8. The van der Waals surface area contributed by atoms with Crippen LogP contribution < -0.4 is 5.32 Å². The first-order valence-electron chi connectivity index (χ1n) is 28.1. The van der Waals surface area contributed by atoms with Crippen molar-refractivity contribution in [3.05, 3.63) is 0 Å². The zero-order valence-electron chi connectivity index (χ0n) is 45.7. The standard InChI is InChI=1S/C54H100N4O16/c1-3-5-7-9-11-13-15-17-19-21-23-25-27-29-53(68)74-47(44-71-35-28-26-24-22-20-18-16-14-12-10-8-6-4-2)45-73-54(69)46-72-38-37-70-36-30-55-48(59)39-57(41-50(62)63)33-31-56(40-49(60)61)32-34-58(42-51(64)65)43-52(66)67/h47H,3-46H2,1-2H3,(H,55,59)(H,60,61)(H,62,63)(H,64,65)(H,66,67). The van der Waals surface area contributed by atoms with Gasteiger partial charge in [-0.15, -0.1) is 0 Å². The average Bonchev–Trinajstić information content (AvgIpc) is 3.34. The van der Waals surface area contributed by atoms with Crippen molar-refractivity contribution in [1.82, 2.24) is 20.0 Å². The van der Waals surface area contributed by atoms with Crippen molar-refractivity contribution in [2.75, 3.05) is 112 Å². The Hall–Kier alpha value is -3.95. The Balaban J connectivity index is 4.68. The maximum atomic E-state index is 12.8. The first kappa shape index (κ1) is 70.1. The van der Waals surface area contributed by atoms with Crippen LogP contribution in [0, 0.1) is 0 Å². The predicted molar refractivity (Wildman–Crippen MR) is 282 cm³/mol. The minimum absolute atomic E-state index is 0.000919. The van der Waals surface area contributed by atoms with Crippen LogP contribution in [0.15, 0.2) is 0 Å². The van der Waals surface area contributed by atoms with Gasteiger partial charge < -0.3 is 49.4 Å². The highest BCUT2D eigenvalue weighted by Gasteiger charge is 2.21. The molecule has 0 aromatic carbocycles. The van der Waals surface area contributed by atoms with E-state index in [4.69, 9.17) is 33.9 Å². The Kier molecular flexibility index (Phi) is 48.4. The summed E-state index contributed by atoms with van der Waals surface area (Å²) >= 11 is 0. The lowest BCUT2D eigenvalue weighted by Crippen LogP contribution is -2.46. The molecule has 432 valence electrons. The molecule has 0 bridgehead atoms. The molecule has 0 spiro atoms. The number of carbonyl (C=O) groups is 7. The normalized spacial score (nSPS) is 11.9. The largest absolute Gasteiger partial charge is 0.480 e. The number of carboxylic acid groups (broad SMARTS) is 4. The van der Waals surface area contributed by atoms with Crippen LogP contribution >= 0.6 is 0 Å². The Bertz CT molecular complexity index is 1430. The molecule has 0 saturated carbocycles. The van der Waals surface area contributed by atoms with Crippen LogP contribution in [0.25, 0.3) is 0 Å². The van der Waals surface area contributed by atoms with Crippen LogP contribution in [0.5, 0.6) is 0 Å². The molecule has 1 amide bonds. The summed E-state index contributed by atoms with van der Waals surface area (Å²) in [5, 5.41) is 39.5. The molecule has 0 radical (unpaired) electrons. The van der Waals surface area contributed by atoms with Gasteiger partial charge in [0.15, 0.2) is 6.10 Å². The minimum Gasteiger partial charge on any atom is -0.480 e. The van der Waals surface area contributed by atoms with Gasteiger partial charge in [0.2, 0.25) is 5.91 Å². The fourth-order valence-corrected chi connectivity index (χ4v) is 8.24. The Morgan fingerprint density at radius 3 is 1.26 bits per heavy atom. The summed E-state index contributed by atoms with van der Waals surface area (Å²) in [7, 11) is 0. The highest BCUT2D eigenvalue weighted by Crippen LogP contribution is 2.15. The zero-order chi connectivity index (χ0) is 54.7. The van der Waals surface area contributed by atoms with E-state index in [1.807, 2.05) is 0 Å². The SMILES string of the molecule is CCCCCCCCCCCCCCCOCC(COC(=O)COCCOCCNC(=O)CN(CCN(CCN(CC(=O)O)CC(=O)O)CC(=O)O)CC(=O)O)OC(=O)CCCCCCCCCCCCCCC. The molecule has 20 heteroatoms. The topological polar surface area (TPSA) is 268 Å². The number of hydrogen-bond donors (Lipinski definition) is 5. The van der Waals surface area contributed by atoms with Gasteiger partial charge in [-0.2, -0.15) is 0 Å². The molecule has 74 heavy (non-hydrogen) atoms. The Morgan fingerprint density at radius 1 is 0.405 bits per heavy atom. The molecule has 0 aromatic rings. The summed E-state index contributed by atoms with van der Waals surface area (Å²) in [5.41, 5.74) is 0. The fraction of sp³-hybridized carbons (Fsp3) is 0.870. The molecule has 0 aliphatic rings. The zero-order valence-corrected chi connectivity index (χ0v) is 45.7. The number of carboxylic acids is 4. The number of rotatable bonds is 57. The predicted octanol–water partition coefficient (Wildman–Crippen LogP) is 7.42. The van der Waals surface area contributed by atoms with Crippen molar-refractivity contribution >= 4 is 41.7 Å². The summed E-state index contributed by atoms with van der Waals surface area (Å²) in [6.07, 6.45) is 31.6. The van der Waals surface area contributed by atoms with Crippen molar-refractivity contribution in [3.63, 3.8) is 0 Å². The number of ether oxygens (including phenoxy) is 5. The summed E-state index contributed by atoms with van der Waals surface area (Å²) in [6, 6.07) is 0. The number of hydrogen-bond acceptors (Lipinski definition) is 15. The van der Waals surface area contributed by atoms with E-state index in [1.54, 1.807) is 0 Å². The molecule has 20 nitrogen and oxygen atoms in total. The van der Waals surface area contributed by atoms with Crippen molar-refractivity contribution in [3.8, 4) is 0 Å². The minimum atomic E-state index is -1.25. The number of amides is 1.